The van der Waals surface area contributed by atoms with Crippen LogP contribution in [0.3, 0.4) is 0 Å². The Morgan fingerprint density at radius 1 is 0.828 bits per heavy atom. The molecular weight excluding hydrogens is 374 g/mol. The van der Waals surface area contributed by atoms with E-state index in [0.717, 1.165) is 5.56 Å². The maximum atomic E-state index is 12.1. The van der Waals surface area contributed by atoms with Crippen LogP contribution >= 0.6 is 0 Å². The van der Waals surface area contributed by atoms with Crippen LogP contribution in [0.1, 0.15) is 5.56 Å². The predicted molar refractivity (Wildman–Crippen MR) is 107 cm³/mol. The molecule has 154 valence electrons. The van der Waals surface area contributed by atoms with E-state index in [9.17, 15) is 14.7 Å². The van der Waals surface area contributed by atoms with Crippen LogP contribution in [0.25, 0.3) is 0 Å². The number of ether oxygens (including phenoxy) is 2. The van der Waals surface area contributed by atoms with Gasteiger partial charge in [-0.15, -0.1) is 0 Å². The van der Waals surface area contributed by atoms with Crippen molar-refractivity contribution in [3.63, 3.8) is 0 Å². The number of aromatic hydroxyl groups is 1. The van der Waals surface area contributed by atoms with Gasteiger partial charge in [0.2, 0.25) is 0 Å². The minimum atomic E-state index is -0.244. The number of hydrogen-bond acceptors (Lipinski definition) is 6. The summed E-state index contributed by atoms with van der Waals surface area (Å²) in [6.07, 6.45) is 0. The molecule has 8 heteroatoms. The molecule has 8 nitrogen and oxygen atoms in total. The highest BCUT2D eigenvalue weighted by Gasteiger charge is 2.13. The number of fused-ring (bicyclic) bond motifs is 1. The third kappa shape index (κ3) is 6.39. The average Bonchev–Trinajstić information content (AvgIpc) is 2.72. The summed E-state index contributed by atoms with van der Waals surface area (Å²) in [4.78, 5) is 26.2. The molecule has 3 N–H and O–H groups in total. The van der Waals surface area contributed by atoms with Crippen molar-refractivity contribution in [1.29, 1.82) is 0 Å². The van der Waals surface area contributed by atoms with Gasteiger partial charge in [-0.3, -0.25) is 14.5 Å². The van der Waals surface area contributed by atoms with E-state index in [1.807, 2.05) is 17.0 Å². The van der Waals surface area contributed by atoms with Gasteiger partial charge in [-0.25, -0.2) is 0 Å². The Kier molecular flexibility index (Phi) is 7.29. The fourth-order valence-corrected chi connectivity index (χ4v) is 2.94. The molecule has 0 spiro atoms. The van der Waals surface area contributed by atoms with E-state index in [0.29, 0.717) is 44.2 Å². The third-order valence-electron chi connectivity index (χ3n) is 4.45. The first-order chi connectivity index (χ1) is 14.1. The number of carbonyl (C=O) groups excluding carboxylic acids is 2. The van der Waals surface area contributed by atoms with Gasteiger partial charge in [-0.2, -0.15) is 0 Å². The number of hydrogen-bond donors (Lipinski definition) is 3. The molecule has 0 bridgehead atoms. The second-order valence-electron chi connectivity index (χ2n) is 6.63. The number of phenols is 1. The Labute approximate surface area is 169 Å². The highest BCUT2D eigenvalue weighted by Crippen LogP contribution is 2.26. The van der Waals surface area contributed by atoms with Gasteiger partial charge in [0.15, 0.2) is 24.7 Å². The standard InChI is InChI=1S/C21H25N3O5/c25-17-6-2-1-5-16(17)13-24-11-9-22-20(26)14-28-18-7-3-4-8-19(18)29-15-21(27)23-10-12-24/h1-8,25H,9-15H2,(H,22,26)(H,23,27). The lowest BCUT2D eigenvalue weighted by atomic mass is 10.2. The number of para-hydroxylation sites is 3. The van der Waals surface area contributed by atoms with Gasteiger partial charge in [-0.05, 0) is 18.2 Å². The predicted octanol–water partition coefficient (Wildman–Crippen LogP) is 0.898. The Morgan fingerprint density at radius 3 is 1.90 bits per heavy atom. The van der Waals surface area contributed by atoms with Crippen molar-refractivity contribution in [2.75, 3.05) is 39.4 Å². The Balaban J connectivity index is 1.66. The van der Waals surface area contributed by atoms with E-state index in [2.05, 4.69) is 10.6 Å². The molecule has 2 aromatic carbocycles. The first-order valence-electron chi connectivity index (χ1n) is 9.49. The van der Waals surface area contributed by atoms with E-state index < -0.39 is 0 Å². The van der Waals surface area contributed by atoms with Crippen LogP contribution in [0, 0.1) is 0 Å². The molecule has 0 aliphatic carbocycles. The Bertz CT molecular complexity index is 798. The lowest BCUT2D eigenvalue weighted by Gasteiger charge is -2.23. The SMILES string of the molecule is O=C1COc2ccccc2OCC(=O)NCCN(Cc2ccccc2O)CCN1. The zero-order chi connectivity index (χ0) is 20.5. The van der Waals surface area contributed by atoms with Gasteiger partial charge < -0.3 is 25.2 Å². The summed E-state index contributed by atoms with van der Waals surface area (Å²) < 4.78 is 11.1. The van der Waals surface area contributed by atoms with E-state index in [1.165, 1.54) is 0 Å². The first-order valence-corrected chi connectivity index (χ1v) is 9.49. The largest absolute Gasteiger partial charge is 0.508 e. The number of nitrogens with zero attached hydrogens (tertiary/aromatic N) is 1. The van der Waals surface area contributed by atoms with E-state index >= 15 is 0 Å². The van der Waals surface area contributed by atoms with Gasteiger partial charge in [0.05, 0.1) is 0 Å². The molecule has 1 heterocycles. The summed E-state index contributed by atoms with van der Waals surface area (Å²) >= 11 is 0. The lowest BCUT2D eigenvalue weighted by molar-refractivity contribution is -0.124. The van der Waals surface area contributed by atoms with Crippen LogP contribution < -0.4 is 20.1 Å². The van der Waals surface area contributed by atoms with Crippen molar-refractivity contribution in [2.24, 2.45) is 0 Å². The van der Waals surface area contributed by atoms with E-state index in [1.54, 1.807) is 36.4 Å². The molecule has 0 fully saturated rings. The second-order valence-corrected chi connectivity index (χ2v) is 6.63. The number of rotatable bonds is 2. The van der Waals surface area contributed by atoms with Crippen LogP contribution in [0.4, 0.5) is 0 Å². The molecule has 2 amide bonds. The maximum Gasteiger partial charge on any atom is 0.257 e. The van der Waals surface area contributed by atoms with E-state index in [4.69, 9.17) is 9.47 Å². The monoisotopic (exact) mass is 399 g/mol. The Hall–Kier alpha value is -3.26. The van der Waals surface area contributed by atoms with Crippen molar-refractivity contribution in [3.05, 3.63) is 54.1 Å². The van der Waals surface area contributed by atoms with Crippen LogP contribution in [-0.4, -0.2) is 61.2 Å². The molecule has 0 saturated heterocycles. The number of benzene rings is 2. The van der Waals surface area contributed by atoms with Crippen molar-refractivity contribution < 1.29 is 24.2 Å². The van der Waals surface area contributed by atoms with Gasteiger partial charge in [-0.1, -0.05) is 30.3 Å². The molecule has 29 heavy (non-hydrogen) atoms. The fourth-order valence-electron chi connectivity index (χ4n) is 2.94. The summed E-state index contributed by atoms with van der Waals surface area (Å²) in [5.74, 6) is 0.548. The van der Waals surface area contributed by atoms with Crippen molar-refractivity contribution in [2.45, 2.75) is 6.54 Å². The van der Waals surface area contributed by atoms with Crippen LogP contribution in [0.5, 0.6) is 17.2 Å². The van der Waals surface area contributed by atoms with Crippen molar-refractivity contribution >= 4 is 11.8 Å². The highest BCUT2D eigenvalue weighted by molar-refractivity contribution is 5.78. The molecular formula is C21H25N3O5. The van der Waals surface area contributed by atoms with Gasteiger partial charge in [0.1, 0.15) is 5.75 Å². The molecule has 1 aliphatic heterocycles. The van der Waals surface area contributed by atoms with Crippen LogP contribution in [0.15, 0.2) is 48.5 Å². The zero-order valence-corrected chi connectivity index (χ0v) is 16.1. The molecule has 2 aromatic rings. The second kappa shape index (κ2) is 10.3. The molecule has 0 saturated carbocycles. The number of carbonyl (C=O) groups is 2. The fraction of sp³-hybridized carbons (Fsp3) is 0.333. The maximum absolute atomic E-state index is 12.1. The minimum absolute atomic E-state index is 0.147. The Morgan fingerprint density at radius 2 is 1.34 bits per heavy atom. The van der Waals surface area contributed by atoms with Crippen molar-refractivity contribution in [3.8, 4) is 17.2 Å². The summed E-state index contributed by atoms with van der Waals surface area (Å²) in [7, 11) is 0. The molecule has 0 atom stereocenters. The molecule has 0 aromatic heterocycles. The van der Waals surface area contributed by atoms with Crippen molar-refractivity contribution in [1.82, 2.24) is 15.5 Å². The van der Waals surface area contributed by atoms with Gasteiger partial charge in [0, 0.05) is 38.3 Å². The highest BCUT2D eigenvalue weighted by atomic mass is 16.5. The summed E-state index contributed by atoms with van der Waals surface area (Å²) in [6, 6.07) is 14.0. The summed E-state index contributed by atoms with van der Waals surface area (Å²) in [5.41, 5.74) is 0.783. The quantitative estimate of drug-likeness (QED) is 0.694. The summed E-state index contributed by atoms with van der Waals surface area (Å²) in [5, 5.41) is 15.7. The van der Waals surface area contributed by atoms with Crippen LogP contribution in [-0.2, 0) is 16.1 Å². The minimum Gasteiger partial charge on any atom is -0.508 e. The molecule has 0 unspecified atom stereocenters. The average molecular weight is 399 g/mol. The summed E-state index contributed by atoms with van der Waals surface area (Å²) in [6.45, 7) is 2.16. The number of phenolic OH excluding ortho intramolecular Hbond substituents is 1. The van der Waals surface area contributed by atoms with E-state index in [-0.39, 0.29) is 30.8 Å². The zero-order valence-electron chi connectivity index (χ0n) is 16.1. The molecule has 3 rings (SSSR count). The number of amides is 2. The smallest absolute Gasteiger partial charge is 0.257 e. The van der Waals surface area contributed by atoms with Gasteiger partial charge >= 0.3 is 0 Å². The number of nitrogens with one attached hydrogen (secondary N) is 2. The lowest BCUT2D eigenvalue weighted by Crippen LogP contribution is -2.40. The topological polar surface area (TPSA) is 100 Å². The molecule has 1 aliphatic rings. The third-order valence-corrected chi connectivity index (χ3v) is 4.45. The van der Waals surface area contributed by atoms with Crippen LogP contribution in [0.2, 0.25) is 0 Å². The first kappa shape index (κ1) is 20.5. The normalized spacial score (nSPS) is 16.8. The van der Waals surface area contributed by atoms with Gasteiger partial charge in [0.25, 0.3) is 11.8 Å². The molecule has 0 radical (unpaired) electrons.